The highest BCUT2D eigenvalue weighted by Gasteiger charge is 2.49. The Morgan fingerprint density at radius 1 is 1.24 bits per heavy atom. The Bertz CT molecular complexity index is 634. The van der Waals surface area contributed by atoms with Crippen LogP contribution < -0.4 is 0 Å². The average Bonchev–Trinajstić information content (AvgIpc) is 2.56. The van der Waals surface area contributed by atoms with Gasteiger partial charge >= 0.3 is 5.97 Å². The molecule has 0 amide bonds. The number of hydrogen-bond donors (Lipinski definition) is 1. The van der Waals surface area contributed by atoms with Crippen LogP contribution in [0.15, 0.2) is 12.2 Å². The molecule has 0 aromatic rings. The van der Waals surface area contributed by atoms with Crippen molar-refractivity contribution in [3.63, 3.8) is 0 Å². The van der Waals surface area contributed by atoms with E-state index in [0.717, 1.165) is 32.4 Å². The van der Waals surface area contributed by atoms with Crippen LogP contribution in [0.3, 0.4) is 0 Å². The largest absolute Gasteiger partial charge is 0.478 e. The van der Waals surface area contributed by atoms with E-state index in [0.29, 0.717) is 37.4 Å². The molecule has 1 N–H and O–H groups in total. The van der Waals surface area contributed by atoms with Crippen molar-refractivity contribution in [2.75, 3.05) is 40.3 Å². The predicted octanol–water partition coefficient (Wildman–Crippen LogP) is 0.856. The van der Waals surface area contributed by atoms with Crippen molar-refractivity contribution in [1.29, 1.82) is 0 Å². The lowest BCUT2D eigenvalue weighted by Gasteiger charge is -2.56. The molecule has 0 radical (unpaired) electrons. The molecule has 0 bridgehead atoms. The predicted molar refractivity (Wildman–Crippen MR) is 95.3 cm³/mol. The number of aliphatic carboxylic acids is 1. The SMILES string of the molecule is CN(C)S(=O)(=O)N1CC2CCCN3CCC(C/C=C/C(=O)O)C(C1)C23. The van der Waals surface area contributed by atoms with Crippen molar-refractivity contribution in [1.82, 2.24) is 13.5 Å². The Labute approximate surface area is 150 Å². The van der Waals surface area contributed by atoms with E-state index in [4.69, 9.17) is 5.11 Å². The first-order valence-corrected chi connectivity index (χ1v) is 10.5. The Morgan fingerprint density at radius 2 is 2.00 bits per heavy atom. The average molecular weight is 372 g/mol. The number of rotatable bonds is 5. The number of nitrogens with zero attached hydrogens (tertiary/aromatic N) is 3. The van der Waals surface area contributed by atoms with E-state index in [9.17, 15) is 13.2 Å². The number of carboxylic acids is 1. The van der Waals surface area contributed by atoms with Crippen molar-refractivity contribution < 1.29 is 18.3 Å². The first kappa shape index (κ1) is 18.8. The lowest BCUT2D eigenvalue weighted by atomic mass is 9.68. The van der Waals surface area contributed by atoms with Gasteiger partial charge in [0.2, 0.25) is 0 Å². The molecular weight excluding hydrogens is 342 g/mol. The van der Waals surface area contributed by atoms with Gasteiger partial charge in [-0.1, -0.05) is 6.08 Å². The topological polar surface area (TPSA) is 81.2 Å². The molecule has 0 saturated carbocycles. The molecular formula is C17H29N3O4S. The Morgan fingerprint density at radius 3 is 2.68 bits per heavy atom. The number of hydrogen-bond acceptors (Lipinski definition) is 4. The highest BCUT2D eigenvalue weighted by molar-refractivity contribution is 7.86. The van der Waals surface area contributed by atoms with Crippen LogP contribution in [0.25, 0.3) is 0 Å². The van der Waals surface area contributed by atoms with E-state index >= 15 is 0 Å². The maximum Gasteiger partial charge on any atom is 0.327 e. The molecule has 0 aliphatic carbocycles. The Balaban J connectivity index is 1.83. The quantitative estimate of drug-likeness (QED) is 0.725. The van der Waals surface area contributed by atoms with Crippen LogP contribution in [0, 0.1) is 17.8 Å². The molecule has 0 spiro atoms. The number of carbonyl (C=O) groups is 1. The summed E-state index contributed by atoms with van der Waals surface area (Å²) < 4.78 is 28.3. The minimum Gasteiger partial charge on any atom is -0.478 e. The number of allylic oxidation sites excluding steroid dienone is 1. The smallest absolute Gasteiger partial charge is 0.327 e. The highest BCUT2D eigenvalue weighted by atomic mass is 32.2. The summed E-state index contributed by atoms with van der Waals surface area (Å²) in [4.78, 5) is 13.3. The van der Waals surface area contributed by atoms with Crippen LogP contribution >= 0.6 is 0 Å². The number of carboxylic acid groups (broad SMARTS) is 1. The summed E-state index contributed by atoms with van der Waals surface area (Å²) in [5, 5.41) is 8.83. The lowest BCUT2D eigenvalue weighted by molar-refractivity contribution is -0.131. The van der Waals surface area contributed by atoms with Gasteiger partial charge in [-0.25, -0.2) is 4.79 Å². The van der Waals surface area contributed by atoms with Crippen LogP contribution in [-0.2, 0) is 15.0 Å². The van der Waals surface area contributed by atoms with E-state index < -0.39 is 16.2 Å². The van der Waals surface area contributed by atoms with E-state index in [-0.39, 0.29) is 5.92 Å². The van der Waals surface area contributed by atoms with Gasteiger partial charge in [-0.3, -0.25) is 4.90 Å². The van der Waals surface area contributed by atoms with Gasteiger partial charge in [0.15, 0.2) is 0 Å². The van der Waals surface area contributed by atoms with Crippen LogP contribution in [0.2, 0.25) is 0 Å². The Hall–Kier alpha value is -0.960. The summed E-state index contributed by atoms with van der Waals surface area (Å²) in [5.74, 6) is 0.0838. The van der Waals surface area contributed by atoms with Crippen molar-refractivity contribution in [2.45, 2.75) is 31.7 Å². The second-order valence-corrected chi connectivity index (χ2v) is 9.87. The summed E-state index contributed by atoms with van der Waals surface area (Å²) in [7, 11) is -0.237. The third-order valence-electron chi connectivity index (χ3n) is 6.10. The summed E-state index contributed by atoms with van der Waals surface area (Å²) in [6.07, 6.45) is 6.88. The van der Waals surface area contributed by atoms with E-state index in [1.54, 1.807) is 24.5 Å². The van der Waals surface area contributed by atoms with Gasteiger partial charge in [0.05, 0.1) is 0 Å². The molecule has 3 rings (SSSR count). The molecule has 8 heteroatoms. The minimum atomic E-state index is -3.41. The molecule has 142 valence electrons. The molecule has 25 heavy (non-hydrogen) atoms. The van der Waals surface area contributed by atoms with E-state index in [1.807, 2.05) is 0 Å². The molecule has 4 unspecified atom stereocenters. The zero-order chi connectivity index (χ0) is 18.2. The molecule has 3 heterocycles. The maximum absolute atomic E-state index is 12.7. The molecule has 3 aliphatic heterocycles. The minimum absolute atomic E-state index is 0.279. The summed E-state index contributed by atoms with van der Waals surface area (Å²) in [6.45, 7) is 3.30. The number of piperidine rings is 3. The molecule has 3 aliphatic rings. The third kappa shape index (κ3) is 3.77. The maximum atomic E-state index is 12.7. The van der Waals surface area contributed by atoms with Crippen LogP contribution in [0.1, 0.15) is 25.7 Å². The second-order valence-electron chi connectivity index (χ2n) is 7.72. The molecule has 4 atom stereocenters. The van der Waals surface area contributed by atoms with E-state index in [2.05, 4.69) is 4.90 Å². The van der Waals surface area contributed by atoms with Crippen molar-refractivity contribution in [2.24, 2.45) is 17.8 Å². The fraction of sp³-hybridized carbons (Fsp3) is 0.824. The molecule has 3 fully saturated rings. The fourth-order valence-corrected chi connectivity index (χ4v) is 6.17. The first-order chi connectivity index (χ1) is 11.8. The van der Waals surface area contributed by atoms with Crippen LogP contribution in [0.4, 0.5) is 0 Å². The highest BCUT2D eigenvalue weighted by Crippen LogP contribution is 2.43. The van der Waals surface area contributed by atoms with Crippen molar-refractivity contribution in [3.8, 4) is 0 Å². The van der Waals surface area contributed by atoms with Gasteiger partial charge in [0.1, 0.15) is 0 Å². The van der Waals surface area contributed by atoms with Gasteiger partial charge in [0, 0.05) is 39.3 Å². The van der Waals surface area contributed by atoms with Crippen LogP contribution in [-0.4, -0.2) is 79.3 Å². The van der Waals surface area contributed by atoms with E-state index in [1.165, 1.54) is 10.4 Å². The monoisotopic (exact) mass is 371 g/mol. The standard InChI is InChI=1S/C17H29N3O4S/c1-18(2)25(23,24)20-11-14-6-4-9-19-10-8-13(5-3-7-16(21)22)15(12-20)17(14)19/h3,7,13-15,17H,4-6,8-12H2,1-2H3,(H,21,22)/b7-3+. The second kappa shape index (κ2) is 7.34. The fourth-order valence-electron chi connectivity index (χ4n) is 4.96. The lowest BCUT2D eigenvalue weighted by Crippen LogP contribution is -2.64. The summed E-state index contributed by atoms with van der Waals surface area (Å²) >= 11 is 0. The molecule has 3 saturated heterocycles. The zero-order valence-electron chi connectivity index (χ0n) is 15.0. The first-order valence-electron chi connectivity index (χ1n) is 9.12. The summed E-state index contributed by atoms with van der Waals surface area (Å²) in [5.41, 5.74) is 0. The third-order valence-corrected chi connectivity index (χ3v) is 7.97. The molecule has 0 aromatic carbocycles. The molecule has 7 nitrogen and oxygen atoms in total. The van der Waals surface area contributed by atoms with Gasteiger partial charge in [-0.05, 0) is 56.5 Å². The normalized spacial score (nSPS) is 34.4. The van der Waals surface area contributed by atoms with Crippen molar-refractivity contribution in [3.05, 3.63) is 12.2 Å². The van der Waals surface area contributed by atoms with Gasteiger partial charge < -0.3 is 5.11 Å². The van der Waals surface area contributed by atoms with Gasteiger partial charge in [-0.2, -0.15) is 17.0 Å². The zero-order valence-corrected chi connectivity index (χ0v) is 15.9. The van der Waals surface area contributed by atoms with Crippen molar-refractivity contribution >= 4 is 16.2 Å². The van der Waals surface area contributed by atoms with Gasteiger partial charge in [-0.15, -0.1) is 0 Å². The van der Waals surface area contributed by atoms with Gasteiger partial charge in [0.25, 0.3) is 10.2 Å². The van der Waals surface area contributed by atoms with Crippen LogP contribution in [0.5, 0.6) is 0 Å². The Kier molecular flexibility index (Phi) is 5.53. The summed E-state index contributed by atoms with van der Waals surface area (Å²) in [6, 6.07) is 0.444. The molecule has 0 aromatic heterocycles.